The van der Waals surface area contributed by atoms with Crippen LogP contribution in [0.1, 0.15) is 33.2 Å². The number of carboxylic acid groups (broad SMARTS) is 1. The predicted molar refractivity (Wildman–Crippen MR) is 147 cm³/mol. The highest BCUT2D eigenvalue weighted by molar-refractivity contribution is 7.92. The summed E-state index contributed by atoms with van der Waals surface area (Å²) < 4.78 is 42.1. The molecule has 0 radical (unpaired) electrons. The molecule has 12 heteroatoms. The van der Waals surface area contributed by atoms with E-state index < -0.39 is 27.7 Å². The number of aryl methyl sites for hydroxylation is 1. The molecule has 2 heterocycles. The van der Waals surface area contributed by atoms with Crippen LogP contribution in [0.3, 0.4) is 0 Å². The SMILES string of the molecule is CCc1ccc(-c2[nH]nc3nc(-c4ccc(S(=O)(=O)Nc5ccc(C(N)=O)cc5F)cc4)cc(C(=O)O)c23)cc1. The molecule has 3 aromatic carbocycles. The number of rotatable bonds is 8. The van der Waals surface area contributed by atoms with Crippen LogP contribution in [-0.2, 0) is 16.4 Å². The lowest BCUT2D eigenvalue weighted by Gasteiger charge is -2.10. The van der Waals surface area contributed by atoms with E-state index in [1.54, 1.807) is 0 Å². The predicted octanol–water partition coefficient (Wildman–Crippen LogP) is 4.59. The quantitative estimate of drug-likeness (QED) is 0.216. The number of aromatic amines is 1. The van der Waals surface area contributed by atoms with Crippen molar-refractivity contribution in [2.45, 2.75) is 18.2 Å². The van der Waals surface area contributed by atoms with Gasteiger partial charge in [0.25, 0.3) is 10.0 Å². The van der Waals surface area contributed by atoms with Crippen LogP contribution < -0.4 is 10.5 Å². The monoisotopic (exact) mass is 559 g/mol. The highest BCUT2D eigenvalue weighted by Gasteiger charge is 2.21. The Labute approximate surface area is 227 Å². The Balaban J connectivity index is 1.47. The molecule has 0 atom stereocenters. The van der Waals surface area contributed by atoms with Gasteiger partial charge in [0.1, 0.15) is 5.82 Å². The number of pyridine rings is 1. The van der Waals surface area contributed by atoms with Crippen LogP contribution in [0.4, 0.5) is 10.1 Å². The zero-order chi connectivity index (χ0) is 28.6. The van der Waals surface area contributed by atoms with Crippen molar-refractivity contribution in [1.29, 1.82) is 0 Å². The molecule has 5 rings (SSSR count). The second kappa shape index (κ2) is 10.2. The van der Waals surface area contributed by atoms with Gasteiger partial charge in [0.15, 0.2) is 5.65 Å². The Morgan fingerprint density at radius 1 is 1.00 bits per heavy atom. The largest absolute Gasteiger partial charge is 0.478 e. The van der Waals surface area contributed by atoms with E-state index in [1.807, 2.05) is 31.2 Å². The molecule has 0 saturated heterocycles. The van der Waals surface area contributed by atoms with Crippen molar-refractivity contribution in [2.75, 3.05) is 4.72 Å². The molecule has 40 heavy (non-hydrogen) atoms. The second-order valence-electron chi connectivity index (χ2n) is 8.90. The van der Waals surface area contributed by atoms with Gasteiger partial charge in [-0.3, -0.25) is 14.6 Å². The minimum absolute atomic E-state index is 0.0171. The molecule has 0 aliphatic heterocycles. The number of sulfonamides is 1. The van der Waals surface area contributed by atoms with Gasteiger partial charge in [0.2, 0.25) is 5.91 Å². The zero-order valence-electron chi connectivity index (χ0n) is 21.0. The lowest BCUT2D eigenvalue weighted by molar-refractivity contribution is 0.0698. The normalized spacial score (nSPS) is 11.4. The van der Waals surface area contributed by atoms with Gasteiger partial charge >= 0.3 is 5.97 Å². The Hall–Kier alpha value is -5.10. The molecule has 1 amide bonds. The number of anilines is 1. The van der Waals surface area contributed by atoms with Crippen LogP contribution in [0, 0.1) is 5.82 Å². The summed E-state index contributed by atoms with van der Waals surface area (Å²) in [6, 6.07) is 17.7. The minimum Gasteiger partial charge on any atom is -0.478 e. The average Bonchev–Trinajstić information content (AvgIpc) is 3.37. The molecule has 202 valence electrons. The van der Waals surface area contributed by atoms with Crippen LogP contribution in [0.25, 0.3) is 33.5 Å². The van der Waals surface area contributed by atoms with E-state index in [4.69, 9.17) is 5.73 Å². The fourth-order valence-electron chi connectivity index (χ4n) is 4.22. The van der Waals surface area contributed by atoms with Gasteiger partial charge in [-0.2, -0.15) is 5.10 Å². The lowest BCUT2D eigenvalue weighted by Crippen LogP contribution is -2.15. The van der Waals surface area contributed by atoms with Crippen molar-refractivity contribution >= 4 is 38.6 Å². The molecule has 0 aliphatic rings. The standard InChI is InChI=1S/C28H22FN5O5S/c1-2-15-3-5-17(6-4-15)25-24-20(28(36)37)14-23(31-27(24)33-32-25)16-7-10-19(11-8-16)40(38,39)34-22-12-9-18(26(30)35)13-21(22)29/h3-14,34H,2H2,1H3,(H2,30,35)(H,36,37)(H,31,32,33). The van der Waals surface area contributed by atoms with E-state index >= 15 is 0 Å². The Morgan fingerprint density at radius 2 is 1.68 bits per heavy atom. The Kier molecular flexibility index (Phi) is 6.78. The van der Waals surface area contributed by atoms with Crippen molar-refractivity contribution in [3.8, 4) is 22.5 Å². The molecule has 5 N–H and O–H groups in total. The molecule has 0 spiro atoms. The summed E-state index contributed by atoms with van der Waals surface area (Å²) in [6.07, 6.45) is 0.867. The van der Waals surface area contributed by atoms with Crippen LogP contribution in [-0.4, -0.2) is 40.6 Å². The number of carbonyl (C=O) groups is 2. The summed E-state index contributed by atoms with van der Waals surface area (Å²) in [5.74, 6) is -2.98. The number of carbonyl (C=O) groups excluding carboxylic acids is 1. The topological polar surface area (TPSA) is 168 Å². The number of hydrogen-bond acceptors (Lipinski definition) is 6. The van der Waals surface area contributed by atoms with Gasteiger partial charge < -0.3 is 10.8 Å². The number of amides is 1. The average molecular weight is 560 g/mol. The summed E-state index contributed by atoms with van der Waals surface area (Å²) in [5, 5.41) is 17.4. The Morgan fingerprint density at radius 3 is 2.27 bits per heavy atom. The molecular formula is C28H22FN5O5S. The van der Waals surface area contributed by atoms with E-state index in [1.165, 1.54) is 36.4 Å². The third kappa shape index (κ3) is 4.99. The summed E-state index contributed by atoms with van der Waals surface area (Å²) in [7, 11) is -4.19. The fraction of sp³-hybridized carbons (Fsp3) is 0.0714. The first-order valence-electron chi connectivity index (χ1n) is 12.0. The number of aromatic nitrogens is 3. The van der Waals surface area contributed by atoms with Gasteiger partial charge in [-0.1, -0.05) is 43.3 Å². The number of H-pyrrole nitrogens is 1. The number of fused-ring (bicyclic) bond motifs is 1. The molecule has 2 aromatic heterocycles. The van der Waals surface area contributed by atoms with Gasteiger partial charge in [-0.25, -0.2) is 22.6 Å². The first-order chi connectivity index (χ1) is 19.1. The molecule has 10 nitrogen and oxygen atoms in total. The van der Waals surface area contributed by atoms with Gasteiger partial charge in [0, 0.05) is 16.7 Å². The van der Waals surface area contributed by atoms with E-state index in [2.05, 4.69) is 19.9 Å². The van der Waals surface area contributed by atoms with Crippen molar-refractivity contribution in [2.24, 2.45) is 5.73 Å². The summed E-state index contributed by atoms with van der Waals surface area (Å²) >= 11 is 0. The lowest BCUT2D eigenvalue weighted by atomic mass is 10.0. The molecule has 0 bridgehead atoms. The first kappa shape index (κ1) is 26.5. The Bertz CT molecular complexity index is 1890. The third-order valence-corrected chi connectivity index (χ3v) is 7.74. The number of halogens is 1. The molecule has 0 saturated carbocycles. The number of nitrogens with zero attached hydrogens (tertiary/aromatic N) is 2. The third-order valence-electron chi connectivity index (χ3n) is 6.36. The van der Waals surface area contributed by atoms with Gasteiger partial charge in [0.05, 0.1) is 32.9 Å². The van der Waals surface area contributed by atoms with Crippen molar-refractivity contribution in [3.05, 3.63) is 95.3 Å². The number of aromatic carboxylic acids is 1. The molecule has 0 unspecified atom stereocenters. The summed E-state index contributed by atoms with van der Waals surface area (Å²) in [5.41, 5.74) is 7.98. The number of hydrogen-bond donors (Lipinski definition) is 4. The molecule has 0 aliphatic carbocycles. The molecule has 0 fully saturated rings. The smallest absolute Gasteiger partial charge is 0.336 e. The van der Waals surface area contributed by atoms with Crippen LogP contribution in [0.15, 0.2) is 77.7 Å². The maximum absolute atomic E-state index is 14.3. The van der Waals surface area contributed by atoms with E-state index in [0.717, 1.165) is 29.7 Å². The maximum Gasteiger partial charge on any atom is 0.336 e. The van der Waals surface area contributed by atoms with Gasteiger partial charge in [-0.15, -0.1) is 0 Å². The van der Waals surface area contributed by atoms with Gasteiger partial charge in [-0.05, 0) is 48.4 Å². The molecular weight excluding hydrogens is 537 g/mol. The number of nitrogens with two attached hydrogens (primary N) is 1. The van der Waals surface area contributed by atoms with E-state index in [0.29, 0.717) is 16.6 Å². The highest BCUT2D eigenvalue weighted by Crippen LogP contribution is 2.32. The number of benzene rings is 3. The summed E-state index contributed by atoms with van der Waals surface area (Å²) in [6.45, 7) is 2.04. The maximum atomic E-state index is 14.3. The number of primary amides is 1. The van der Waals surface area contributed by atoms with Crippen LogP contribution in [0.2, 0.25) is 0 Å². The number of carboxylic acids is 1. The highest BCUT2D eigenvalue weighted by atomic mass is 32.2. The van der Waals surface area contributed by atoms with Crippen molar-refractivity contribution in [1.82, 2.24) is 15.2 Å². The summed E-state index contributed by atoms with van der Waals surface area (Å²) in [4.78, 5) is 27.8. The van der Waals surface area contributed by atoms with Crippen molar-refractivity contribution in [3.63, 3.8) is 0 Å². The van der Waals surface area contributed by atoms with E-state index in [9.17, 15) is 27.5 Å². The van der Waals surface area contributed by atoms with Crippen molar-refractivity contribution < 1.29 is 27.5 Å². The fourth-order valence-corrected chi connectivity index (χ4v) is 5.28. The second-order valence-corrected chi connectivity index (χ2v) is 10.6. The van der Waals surface area contributed by atoms with Crippen LogP contribution in [0.5, 0.6) is 0 Å². The zero-order valence-corrected chi connectivity index (χ0v) is 21.8. The number of nitrogens with one attached hydrogen (secondary N) is 2. The minimum atomic E-state index is -4.19. The van der Waals surface area contributed by atoms with E-state index in [-0.39, 0.29) is 33.1 Å². The first-order valence-corrected chi connectivity index (χ1v) is 13.5. The molecule has 5 aromatic rings. The van der Waals surface area contributed by atoms with Crippen LogP contribution >= 0.6 is 0 Å².